The zero-order valence-corrected chi connectivity index (χ0v) is 9.68. The predicted molar refractivity (Wildman–Crippen MR) is 66.6 cm³/mol. The maximum atomic E-state index is 11.8. The summed E-state index contributed by atoms with van der Waals surface area (Å²) in [7, 11) is 0. The Morgan fingerprint density at radius 2 is 1.94 bits per heavy atom. The van der Waals surface area contributed by atoms with Gasteiger partial charge in [-0.15, -0.1) is 0 Å². The molecule has 1 heterocycles. The van der Waals surface area contributed by atoms with Crippen LogP contribution in [0.3, 0.4) is 0 Å². The zero-order chi connectivity index (χ0) is 12.8. The third-order valence-corrected chi connectivity index (χ3v) is 2.45. The second-order valence-corrected chi connectivity index (χ2v) is 3.76. The summed E-state index contributed by atoms with van der Waals surface area (Å²) in [6, 6.07) is 10.7. The van der Waals surface area contributed by atoms with Gasteiger partial charge in [0.2, 0.25) is 5.91 Å². The van der Waals surface area contributed by atoms with Gasteiger partial charge < -0.3 is 5.32 Å². The van der Waals surface area contributed by atoms with Crippen LogP contribution in [0.5, 0.6) is 0 Å². The van der Waals surface area contributed by atoms with Crippen LogP contribution in [-0.2, 0) is 11.2 Å². The molecule has 0 aliphatic rings. The SMILES string of the molecule is N=Nc1ccccc1NC(=O)Cc1cc[nH+]cc1. The summed E-state index contributed by atoms with van der Waals surface area (Å²) in [5, 5.41) is 6.11. The van der Waals surface area contributed by atoms with Crippen LogP contribution in [0.2, 0.25) is 0 Å². The molecule has 1 amide bonds. The second-order valence-electron chi connectivity index (χ2n) is 3.76. The Labute approximate surface area is 104 Å². The first-order valence-electron chi connectivity index (χ1n) is 5.51. The van der Waals surface area contributed by atoms with Gasteiger partial charge in [0.15, 0.2) is 12.4 Å². The smallest absolute Gasteiger partial charge is 0.228 e. The minimum atomic E-state index is -0.127. The van der Waals surface area contributed by atoms with Crippen molar-refractivity contribution >= 4 is 17.3 Å². The lowest BCUT2D eigenvalue weighted by Crippen LogP contribution is -2.15. The predicted octanol–water partition coefficient (Wildman–Crippen LogP) is 2.34. The normalized spacial score (nSPS) is 9.78. The molecule has 0 saturated heterocycles. The number of rotatable bonds is 4. The van der Waals surface area contributed by atoms with Crippen molar-refractivity contribution in [1.29, 1.82) is 5.53 Å². The van der Waals surface area contributed by atoms with E-state index in [9.17, 15) is 4.79 Å². The first-order chi connectivity index (χ1) is 8.79. The molecule has 1 aromatic carbocycles. The van der Waals surface area contributed by atoms with Crippen molar-refractivity contribution in [1.82, 2.24) is 0 Å². The van der Waals surface area contributed by atoms with E-state index in [0.717, 1.165) is 5.56 Å². The summed E-state index contributed by atoms with van der Waals surface area (Å²) in [5.74, 6) is -0.127. The quantitative estimate of drug-likeness (QED) is 0.791. The highest BCUT2D eigenvalue weighted by Crippen LogP contribution is 2.23. The number of pyridine rings is 1. The summed E-state index contributed by atoms with van der Waals surface area (Å²) in [6.07, 6.45) is 3.84. The van der Waals surface area contributed by atoms with Crippen LogP contribution in [0.25, 0.3) is 0 Å². The fourth-order valence-corrected chi connectivity index (χ4v) is 1.60. The van der Waals surface area contributed by atoms with Crippen LogP contribution in [0, 0.1) is 5.53 Å². The number of benzene rings is 1. The Morgan fingerprint density at radius 1 is 1.22 bits per heavy atom. The Kier molecular flexibility index (Phi) is 3.76. The number of aromatic nitrogens is 1. The van der Waals surface area contributed by atoms with Gasteiger partial charge in [0.25, 0.3) is 0 Å². The van der Waals surface area contributed by atoms with E-state index in [4.69, 9.17) is 5.53 Å². The summed E-state index contributed by atoms with van der Waals surface area (Å²) < 4.78 is 0. The maximum absolute atomic E-state index is 11.8. The molecule has 0 radical (unpaired) electrons. The van der Waals surface area contributed by atoms with E-state index >= 15 is 0 Å². The van der Waals surface area contributed by atoms with E-state index in [1.807, 2.05) is 12.1 Å². The van der Waals surface area contributed by atoms with Gasteiger partial charge in [0, 0.05) is 12.1 Å². The number of hydrogen-bond acceptors (Lipinski definition) is 3. The van der Waals surface area contributed by atoms with Gasteiger partial charge in [-0.1, -0.05) is 12.1 Å². The lowest BCUT2D eigenvalue weighted by Gasteiger charge is -2.06. The van der Waals surface area contributed by atoms with Crippen LogP contribution in [0.4, 0.5) is 11.4 Å². The molecule has 2 aromatic rings. The van der Waals surface area contributed by atoms with E-state index in [1.54, 1.807) is 36.7 Å². The standard InChI is InChI=1S/C13H12N4O/c14-17-12-4-2-1-3-11(12)16-13(18)9-10-5-7-15-8-6-10/h1-8,14H,9H2,(H,16,18)/p+1. The topological polar surface area (TPSA) is 79.5 Å². The van der Waals surface area contributed by atoms with Gasteiger partial charge in [0.1, 0.15) is 5.69 Å². The zero-order valence-electron chi connectivity index (χ0n) is 9.68. The van der Waals surface area contributed by atoms with Crippen LogP contribution in [0.1, 0.15) is 5.56 Å². The summed E-state index contributed by atoms with van der Waals surface area (Å²) in [4.78, 5) is 14.7. The van der Waals surface area contributed by atoms with Crippen LogP contribution in [0.15, 0.2) is 53.9 Å². The van der Waals surface area contributed by atoms with Crippen molar-refractivity contribution < 1.29 is 9.78 Å². The van der Waals surface area contributed by atoms with Crippen LogP contribution < -0.4 is 10.3 Å². The second kappa shape index (κ2) is 5.67. The number of carbonyl (C=O) groups is 1. The molecule has 0 spiro atoms. The van der Waals surface area contributed by atoms with E-state index in [2.05, 4.69) is 15.4 Å². The van der Waals surface area contributed by atoms with Gasteiger partial charge in [-0.2, -0.15) is 5.11 Å². The number of nitrogens with zero attached hydrogens (tertiary/aromatic N) is 1. The Morgan fingerprint density at radius 3 is 2.67 bits per heavy atom. The highest BCUT2D eigenvalue weighted by atomic mass is 16.1. The number of amides is 1. The van der Waals surface area contributed by atoms with Crippen molar-refractivity contribution in [2.45, 2.75) is 6.42 Å². The minimum absolute atomic E-state index is 0.127. The number of anilines is 1. The molecule has 0 bridgehead atoms. The van der Waals surface area contributed by atoms with E-state index in [0.29, 0.717) is 17.8 Å². The van der Waals surface area contributed by atoms with Gasteiger partial charge in [-0.3, -0.25) is 4.79 Å². The van der Waals surface area contributed by atoms with Crippen molar-refractivity contribution in [3.63, 3.8) is 0 Å². The summed E-state index contributed by atoms with van der Waals surface area (Å²) >= 11 is 0. The molecular weight excluding hydrogens is 228 g/mol. The minimum Gasteiger partial charge on any atom is -0.324 e. The van der Waals surface area contributed by atoms with E-state index in [1.165, 1.54) is 0 Å². The lowest BCUT2D eigenvalue weighted by atomic mass is 10.2. The third kappa shape index (κ3) is 2.98. The van der Waals surface area contributed by atoms with Crippen molar-refractivity contribution in [3.8, 4) is 0 Å². The molecule has 3 N–H and O–H groups in total. The number of carbonyl (C=O) groups excluding carboxylic acids is 1. The average Bonchev–Trinajstić information content (AvgIpc) is 2.40. The van der Waals surface area contributed by atoms with Crippen molar-refractivity contribution in [2.75, 3.05) is 5.32 Å². The molecule has 0 fully saturated rings. The number of nitrogens with one attached hydrogen (secondary N) is 3. The molecule has 2 rings (SSSR count). The summed E-state index contributed by atoms with van der Waals surface area (Å²) in [6.45, 7) is 0. The van der Waals surface area contributed by atoms with Gasteiger partial charge in [-0.25, -0.2) is 10.5 Å². The Balaban J connectivity index is 2.05. The molecule has 18 heavy (non-hydrogen) atoms. The van der Waals surface area contributed by atoms with E-state index < -0.39 is 0 Å². The first-order valence-corrected chi connectivity index (χ1v) is 5.51. The fraction of sp³-hybridized carbons (Fsp3) is 0.0769. The van der Waals surface area contributed by atoms with Crippen molar-refractivity contribution in [2.24, 2.45) is 5.11 Å². The van der Waals surface area contributed by atoms with Gasteiger partial charge in [-0.05, 0) is 17.7 Å². The van der Waals surface area contributed by atoms with Crippen molar-refractivity contribution in [3.05, 3.63) is 54.4 Å². The molecule has 0 unspecified atom stereocenters. The molecule has 0 atom stereocenters. The molecule has 0 aliphatic heterocycles. The Hall–Kier alpha value is -2.56. The molecule has 5 heteroatoms. The fourth-order valence-electron chi connectivity index (χ4n) is 1.60. The third-order valence-electron chi connectivity index (χ3n) is 2.45. The molecule has 90 valence electrons. The van der Waals surface area contributed by atoms with Crippen LogP contribution >= 0.6 is 0 Å². The summed E-state index contributed by atoms with van der Waals surface area (Å²) in [5.41, 5.74) is 8.95. The number of aromatic amines is 1. The monoisotopic (exact) mass is 241 g/mol. The van der Waals surface area contributed by atoms with Gasteiger partial charge >= 0.3 is 0 Å². The average molecular weight is 241 g/mol. The first kappa shape index (κ1) is 11.9. The molecule has 0 saturated carbocycles. The molecular formula is C13H13N4O+. The highest BCUT2D eigenvalue weighted by molar-refractivity contribution is 5.94. The largest absolute Gasteiger partial charge is 0.324 e. The number of para-hydroxylation sites is 2. The molecule has 5 nitrogen and oxygen atoms in total. The number of hydrogen-bond donors (Lipinski definition) is 2. The Bertz CT molecular complexity index is 554. The molecule has 0 aliphatic carbocycles. The highest BCUT2D eigenvalue weighted by Gasteiger charge is 2.07. The lowest BCUT2D eigenvalue weighted by molar-refractivity contribution is -0.378. The maximum Gasteiger partial charge on any atom is 0.228 e. The van der Waals surface area contributed by atoms with Crippen LogP contribution in [-0.4, -0.2) is 5.91 Å². The molecule has 1 aromatic heterocycles. The van der Waals surface area contributed by atoms with Gasteiger partial charge in [0.05, 0.1) is 12.1 Å². The van der Waals surface area contributed by atoms with E-state index in [-0.39, 0.29) is 5.91 Å². The number of H-pyrrole nitrogens is 1.